The van der Waals surface area contributed by atoms with Crippen LogP contribution >= 0.6 is 0 Å². The van der Waals surface area contributed by atoms with Crippen LogP contribution in [0.2, 0.25) is 0 Å². The van der Waals surface area contributed by atoms with Crippen molar-refractivity contribution >= 4 is 28.9 Å². The number of anilines is 2. The van der Waals surface area contributed by atoms with Gasteiger partial charge in [0.15, 0.2) is 0 Å². The first-order valence-corrected chi connectivity index (χ1v) is 9.18. The molecule has 0 saturated heterocycles. The third kappa shape index (κ3) is 5.86. The molecule has 2 aromatic rings. The Labute approximate surface area is 170 Å². The number of rotatable bonds is 7. The number of hydrogen-bond donors (Lipinski definition) is 2. The number of hydrogen-bond acceptors (Lipinski definition) is 5. The summed E-state index contributed by atoms with van der Waals surface area (Å²) in [6.45, 7) is 7.35. The lowest BCUT2D eigenvalue weighted by atomic mass is 10.1. The fourth-order valence-corrected chi connectivity index (χ4v) is 2.98. The Bertz CT molecular complexity index is 936. The second kappa shape index (κ2) is 9.29. The van der Waals surface area contributed by atoms with Crippen molar-refractivity contribution in [1.29, 1.82) is 0 Å². The van der Waals surface area contributed by atoms with Gasteiger partial charge in [-0.3, -0.25) is 24.6 Å². The van der Waals surface area contributed by atoms with Crippen molar-refractivity contribution in [2.75, 3.05) is 30.8 Å². The topological polar surface area (TPSA) is 105 Å². The molecule has 0 aliphatic carbocycles. The molecule has 0 aromatic heterocycles. The fraction of sp³-hybridized carbons (Fsp3) is 0.333. The highest BCUT2D eigenvalue weighted by Crippen LogP contribution is 2.27. The van der Waals surface area contributed by atoms with Crippen LogP contribution in [0.15, 0.2) is 30.3 Å². The average Bonchev–Trinajstić information content (AvgIpc) is 2.60. The van der Waals surface area contributed by atoms with E-state index in [9.17, 15) is 19.7 Å². The molecule has 0 bridgehead atoms. The Kier molecular flexibility index (Phi) is 7.06. The predicted molar refractivity (Wildman–Crippen MR) is 113 cm³/mol. The maximum Gasteiger partial charge on any atom is 0.293 e. The molecule has 2 rings (SSSR count). The van der Waals surface area contributed by atoms with Crippen LogP contribution in [-0.2, 0) is 9.59 Å². The summed E-state index contributed by atoms with van der Waals surface area (Å²) >= 11 is 0. The van der Waals surface area contributed by atoms with Crippen molar-refractivity contribution in [3.05, 3.63) is 62.7 Å². The minimum absolute atomic E-state index is 0.0101. The van der Waals surface area contributed by atoms with Gasteiger partial charge in [0.1, 0.15) is 5.69 Å². The predicted octanol–water partition coefficient (Wildman–Crippen LogP) is 3.34. The Balaban J connectivity index is 1.98. The summed E-state index contributed by atoms with van der Waals surface area (Å²) in [7, 11) is 1.64. The molecule has 8 heteroatoms. The highest BCUT2D eigenvalue weighted by atomic mass is 16.6. The van der Waals surface area contributed by atoms with E-state index in [0.717, 1.165) is 27.9 Å². The molecule has 0 aliphatic heterocycles. The summed E-state index contributed by atoms with van der Waals surface area (Å²) in [6, 6.07) is 8.76. The highest BCUT2D eigenvalue weighted by molar-refractivity contribution is 5.96. The minimum atomic E-state index is -0.524. The number of carbonyl (C=O) groups is 2. The number of likely N-dealkylation sites (N-methyl/N-ethyl adjacent to an activating group) is 1. The zero-order chi connectivity index (χ0) is 21.7. The van der Waals surface area contributed by atoms with Crippen LogP contribution in [0.1, 0.15) is 22.3 Å². The molecular weight excluding hydrogens is 372 g/mol. The summed E-state index contributed by atoms with van der Waals surface area (Å²) in [4.78, 5) is 36.9. The lowest BCUT2D eigenvalue weighted by molar-refractivity contribution is -0.384. The van der Waals surface area contributed by atoms with Gasteiger partial charge >= 0.3 is 0 Å². The summed E-state index contributed by atoms with van der Waals surface area (Å²) < 4.78 is 0. The van der Waals surface area contributed by atoms with Gasteiger partial charge in [0.25, 0.3) is 5.69 Å². The quantitative estimate of drug-likeness (QED) is 0.550. The first kappa shape index (κ1) is 22.0. The lowest BCUT2D eigenvalue weighted by Gasteiger charge is -2.17. The summed E-state index contributed by atoms with van der Waals surface area (Å²) in [5.41, 5.74) is 4.29. The van der Waals surface area contributed by atoms with E-state index in [1.165, 1.54) is 6.07 Å². The number of nitro benzene ring substituents is 1. The van der Waals surface area contributed by atoms with Crippen LogP contribution in [-0.4, -0.2) is 41.8 Å². The maximum atomic E-state index is 12.3. The Hall–Kier alpha value is -3.26. The van der Waals surface area contributed by atoms with Crippen molar-refractivity contribution in [1.82, 2.24) is 4.90 Å². The van der Waals surface area contributed by atoms with Crippen molar-refractivity contribution < 1.29 is 14.5 Å². The van der Waals surface area contributed by atoms with E-state index >= 15 is 0 Å². The molecule has 0 saturated carbocycles. The third-order valence-electron chi connectivity index (χ3n) is 4.66. The van der Waals surface area contributed by atoms with Crippen molar-refractivity contribution in [3.63, 3.8) is 0 Å². The molecule has 8 nitrogen and oxygen atoms in total. The molecule has 2 N–H and O–H groups in total. The van der Waals surface area contributed by atoms with E-state index in [4.69, 9.17) is 0 Å². The van der Waals surface area contributed by atoms with E-state index in [1.807, 2.05) is 39.0 Å². The molecule has 0 radical (unpaired) electrons. The second-order valence-electron chi connectivity index (χ2n) is 7.25. The molecule has 0 aliphatic rings. The average molecular weight is 398 g/mol. The van der Waals surface area contributed by atoms with E-state index in [1.54, 1.807) is 24.9 Å². The first-order valence-electron chi connectivity index (χ1n) is 9.18. The minimum Gasteiger partial charge on any atom is -0.324 e. The standard InChI is InChI=1S/C21H26N4O4/c1-13-7-6-8-14(2)21(13)23-20(27)12-24(5)11-19(26)22-17-9-15(3)16(4)10-18(17)25(28)29/h6-10H,11-12H2,1-5H3,(H,22,26)(H,23,27). The molecule has 154 valence electrons. The van der Waals surface area contributed by atoms with Crippen molar-refractivity contribution in [2.45, 2.75) is 27.7 Å². The van der Waals surface area contributed by atoms with Gasteiger partial charge in [0.2, 0.25) is 11.8 Å². The summed E-state index contributed by atoms with van der Waals surface area (Å²) in [5, 5.41) is 16.7. The third-order valence-corrected chi connectivity index (χ3v) is 4.66. The number of nitrogens with zero attached hydrogens (tertiary/aromatic N) is 2. The molecule has 0 heterocycles. The smallest absolute Gasteiger partial charge is 0.293 e. The molecule has 2 aromatic carbocycles. The van der Waals surface area contributed by atoms with Crippen LogP contribution in [0.5, 0.6) is 0 Å². The molecule has 29 heavy (non-hydrogen) atoms. The number of carbonyl (C=O) groups excluding carboxylic acids is 2. The van der Waals surface area contributed by atoms with Crippen LogP contribution in [0, 0.1) is 37.8 Å². The van der Waals surface area contributed by atoms with Gasteiger partial charge in [-0.2, -0.15) is 0 Å². The monoisotopic (exact) mass is 398 g/mol. The highest BCUT2D eigenvalue weighted by Gasteiger charge is 2.19. The molecule has 0 atom stereocenters. The summed E-state index contributed by atoms with van der Waals surface area (Å²) in [5.74, 6) is -0.673. The number of para-hydroxylation sites is 1. The largest absolute Gasteiger partial charge is 0.324 e. The second-order valence-corrected chi connectivity index (χ2v) is 7.25. The Morgan fingerprint density at radius 1 is 0.931 bits per heavy atom. The number of amides is 2. The van der Waals surface area contributed by atoms with Gasteiger partial charge in [-0.25, -0.2) is 0 Å². The fourth-order valence-electron chi connectivity index (χ4n) is 2.98. The van der Waals surface area contributed by atoms with Crippen molar-refractivity contribution in [2.24, 2.45) is 0 Å². The van der Waals surface area contributed by atoms with E-state index in [2.05, 4.69) is 10.6 Å². The maximum absolute atomic E-state index is 12.3. The van der Waals surface area contributed by atoms with E-state index < -0.39 is 10.8 Å². The Morgan fingerprint density at radius 2 is 1.45 bits per heavy atom. The Morgan fingerprint density at radius 3 is 2.00 bits per heavy atom. The zero-order valence-corrected chi connectivity index (χ0v) is 17.3. The SMILES string of the molecule is Cc1cc(NC(=O)CN(C)CC(=O)Nc2c(C)cccc2C)c([N+](=O)[O-])cc1C. The van der Waals surface area contributed by atoms with Crippen LogP contribution in [0.25, 0.3) is 0 Å². The van der Waals surface area contributed by atoms with Gasteiger partial charge < -0.3 is 10.6 Å². The number of aryl methyl sites for hydroxylation is 4. The normalized spacial score (nSPS) is 10.7. The first-order chi connectivity index (χ1) is 13.6. The van der Waals surface area contributed by atoms with E-state index in [-0.39, 0.29) is 30.4 Å². The van der Waals surface area contributed by atoms with Crippen molar-refractivity contribution in [3.8, 4) is 0 Å². The van der Waals surface area contributed by atoms with E-state index in [0.29, 0.717) is 0 Å². The molecule has 2 amide bonds. The van der Waals surface area contributed by atoms with Gasteiger partial charge in [0, 0.05) is 11.8 Å². The molecule has 0 spiro atoms. The van der Waals surface area contributed by atoms with Crippen LogP contribution in [0.3, 0.4) is 0 Å². The number of nitro groups is 1. The lowest BCUT2D eigenvalue weighted by Crippen LogP contribution is -2.36. The molecular formula is C21H26N4O4. The van der Waals surface area contributed by atoms with Gasteiger partial charge in [-0.15, -0.1) is 0 Å². The van der Waals surface area contributed by atoms with Gasteiger partial charge in [0.05, 0.1) is 18.0 Å². The number of nitrogens with one attached hydrogen (secondary N) is 2. The van der Waals surface area contributed by atoms with Gasteiger partial charge in [-0.1, -0.05) is 18.2 Å². The molecule has 0 unspecified atom stereocenters. The van der Waals surface area contributed by atoms with Gasteiger partial charge in [-0.05, 0) is 63.1 Å². The van der Waals surface area contributed by atoms with Crippen LogP contribution < -0.4 is 10.6 Å². The molecule has 0 fully saturated rings. The number of benzene rings is 2. The van der Waals surface area contributed by atoms with Crippen LogP contribution in [0.4, 0.5) is 17.1 Å². The summed E-state index contributed by atoms with van der Waals surface area (Å²) in [6.07, 6.45) is 0. The zero-order valence-electron chi connectivity index (χ0n) is 17.3.